The fraction of sp³-hybridized carbons (Fsp3) is 0. The molecule has 7 heteroatoms. The van der Waals surface area contributed by atoms with Crippen molar-refractivity contribution in [2.75, 3.05) is 0 Å². The molecule has 0 aromatic heterocycles. The van der Waals surface area contributed by atoms with Gasteiger partial charge in [-0.2, -0.15) is 0 Å². The van der Waals surface area contributed by atoms with Gasteiger partial charge in [0.1, 0.15) is 10.1 Å². The van der Waals surface area contributed by atoms with Crippen molar-refractivity contribution in [2.45, 2.75) is 4.90 Å². The first-order valence-corrected chi connectivity index (χ1v) is 4.02. The van der Waals surface area contributed by atoms with Crippen LogP contribution in [0.25, 0.3) is 0 Å². The molecule has 1 aromatic rings. The van der Waals surface area contributed by atoms with Gasteiger partial charge < -0.3 is 15.5 Å². The van der Waals surface area contributed by atoms with Crippen LogP contribution in [0.15, 0.2) is 35.2 Å². The summed E-state index contributed by atoms with van der Waals surface area (Å²) in [5.41, 5.74) is 0. The van der Waals surface area contributed by atoms with Crippen molar-refractivity contribution in [3.05, 3.63) is 30.3 Å². The molecule has 0 radical (unpaired) electrons. The van der Waals surface area contributed by atoms with Crippen molar-refractivity contribution in [2.24, 2.45) is 0 Å². The fourth-order valence-electron chi connectivity index (χ4n) is 0.587. The quantitative estimate of drug-likeness (QED) is 0.350. The Hall–Kier alpha value is 0.0500. The van der Waals surface area contributed by atoms with Gasteiger partial charge in [-0.1, -0.05) is 18.2 Å². The maximum Gasteiger partial charge on any atom is 1.00 e. The zero-order chi connectivity index (χ0) is 7.61. The van der Waals surface area contributed by atoms with E-state index in [0.29, 0.717) is 0 Å². The molecule has 0 bridgehead atoms. The molecule has 0 unspecified atom stereocenters. The fourth-order valence-corrected chi connectivity index (χ4v) is 1.08. The molecule has 13 heavy (non-hydrogen) atoms. The Balaban J connectivity index is -0.000000333. The van der Waals surface area contributed by atoms with Crippen LogP contribution in [0.5, 0.6) is 0 Å². The minimum Gasteiger partial charge on any atom is -0.744 e. The minimum atomic E-state index is -4.25. The smallest absolute Gasteiger partial charge is 0.744 e. The van der Waals surface area contributed by atoms with Crippen LogP contribution < -0.4 is 29.6 Å². The summed E-state index contributed by atoms with van der Waals surface area (Å²) >= 11 is 0. The molecule has 70 valence electrons. The van der Waals surface area contributed by atoms with Crippen molar-refractivity contribution in [3.8, 4) is 0 Å². The van der Waals surface area contributed by atoms with E-state index in [1.165, 1.54) is 24.3 Å². The average molecular weight is 216 g/mol. The Morgan fingerprint density at radius 2 is 1.38 bits per heavy atom. The van der Waals surface area contributed by atoms with E-state index in [4.69, 9.17) is 0 Å². The first-order valence-electron chi connectivity index (χ1n) is 2.61. The third-order valence-corrected chi connectivity index (χ3v) is 1.88. The van der Waals surface area contributed by atoms with Crippen molar-refractivity contribution in [1.29, 1.82) is 0 Å². The van der Waals surface area contributed by atoms with Crippen molar-refractivity contribution < 1.29 is 53.5 Å². The molecular weight excluding hydrogens is 207 g/mol. The maximum absolute atomic E-state index is 10.3. The maximum atomic E-state index is 10.3. The van der Waals surface area contributed by atoms with Crippen molar-refractivity contribution in [3.63, 3.8) is 0 Å². The zero-order valence-electron chi connectivity index (χ0n) is 7.02. The molecule has 1 aromatic carbocycles. The second-order valence-electron chi connectivity index (χ2n) is 1.77. The Bertz CT molecular complexity index is 309. The molecule has 1 rings (SSSR count). The van der Waals surface area contributed by atoms with Crippen LogP contribution in [0.4, 0.5) is 0 Å². The molecule has 0 saturated carbocycles. The largest absolute Gasteiger partial charge is 1.00 e. The van der Waals surface area contributed by atoms with Gasteiger partial charge in [0.15, 0.2) is 0 Å². The second kappa shape index (κ2) is 7.45. The summed E-state index contributed by atoms with van der Waals surface area (Å²) in [6.07, 6.45) is 0. The van der Waals surface area contributed by atoms with E-state index < -0.39 is 10.1 Å². The van der Waals surface area contributed by atoms with Gasteiger partial charge in [-0.15, -0.1) is 0 Å². The van der Waals surface area contributed by atoms with Gasteiger partial charge in [-0.3, -0.25) is 0 Å². The SMILES string of the molecule is O.O.O=S(=O)([O-])c1ccccc1.[Na+]. The zero-order valence-corrected chi connectivity index (χ0v) is 9.84. The van der Waals surface area contributed by atoms with Gasteiger partial charge in [0.2, 0.25) is 0 Å². The van der Waals surface area contributed by atoms with Crippen LogP contribution in [-0.2, 0) is 10.1 Å². The van der Waals surface area contributed by atoms with E-state index in [2.05, 4.69) is 0 Å². The van der Waals surface area contributed by atoms with E-state index in [9.17, 15) is 13.0 Å². The standard InChI is InChI=1S/C6H6O3S.Na.2H2O/c7-10(8,9)6-4-2-1-3-5-6;;;/h1-5H,(H,7,8,9);;2*1H2/q;+1;;/p-1. The predicted octanol–water partition coefficient (Wildman–Crippen LogP) is -4.05. The van der Waals surface area contributed by atoms with E-state index in [1.54, 1.807) is 6.07 Å². The normalized spacial score (nSPS) is 8.69. The van der Waals surface area contributed by atoms with Gasteiger partial charge in [-0.25, -0.2) is 8.42 Å². The number of hydrogen-bond acceptors (Lipinski definition) is 3. The molecular formula is C6H9NaO5S. The van der Waals surface area contributed by atoms with Crippen LogP contribution in [0.2, 0.25) is 0 Å². The first kappa shape index (κ1) is 18.8. The Labute approximate surface area is 98.4 Å². The van der Waals surface area contributed by atoms with Gasteiger partial charge in [0.05, 0.1) is 4.90 Å². The van der Waals surface area contributed by atoms with E-state index in [0.717, 1.165) is 0 Å². The van der Waals surface area contributed by atoms with Crippen LogP contribution in [0.1, 0.15) is 0 Å². The monoisotopic (exact) mass is 216 g/mol. The van der Waals surface area contributed by atoms with Crippen LogP contribution >= 0.6 is 0 Å². The van der Waals surface area contributed by atoms with Gasteiger partial charge in [0.25, 0.3) is 0 Å². The van der Waals surface area contributed by atoms with E-state index in [1.807, 2.05) is 0 Å². The molecule has 0 saturated heterocycles. The van der Waals surface area contributed by atoms with Gasteiger partial charge >= 0.3 is 29.6 Å². The summed E-state index contributed by atoms with van der Waals surface area (Å²) in [4.78, 5) is -0.185. The van der Waals surface area contributed by atoms with Crippen LogP contribution in [0.3, 0.4) is 0 Å². The molecule has 0 atom stereocenters. The summed E-state index contributed by atoms with van der Waals surface area (Å²) < 4.78 is 30.8. The molecule has 5 nitrogen and oxygen atoms in total. The topological polar surface area (TPSA) is 120 Å². The van der Waals surface area contributed by atoms with E-state index >= 15 is 0 Å². The molecule has 0 heterocycles. The summed E-state index contributed by atoms with van der Waals surface area (Å²) in [7, 11) is -4.25. The molecule has 0 aliphatic rings. The summed E-state index contributed by atoms with van der Waals surface area (Å²) in [5, 5.41) is 0. The Morgan fingerprint density at radius 1 is 1.00 bits per heavy atom. The molecule has 0 fully saturated rings. The third kappa shape index (κ3) is 6.17. The molecule has 0 aliphatic carbocycles. The Kier molecular flexibility index (Phi) is 10.8. The van der Waals surface area contributed by atoms with Crippen LogP contribution in [-0.4, -0.2) is 23.9 Å². The second-order valence-corrected chi connectivity index (χ2v) is 3.15. The molecule has 0 spiro atoms. The predicted molar refractivity (Wildman–Crippen MR) is 41.6 cm³/mol. The number of benzene rings is 1. The minimum absolute atomic E-state index is 0. The van der Waals surface area contributed by atoms with Gasteiger partial charge in [-0.05, 0) is 12.1 Å². The number of rotatable bonds is 1. The first-order chi connectivity index (χ1) is 4.61. The summed E-state index contributed by atoms with van der Waals surface area (Å²) in [6, 6.07) is 7.19. The van der Waals surface area contributed by atoms with E-state index in [-0.39, 0.29) is 45.4 Å². The molecule has 0 amide bonds. The average Bonchev–Trinajstić information content (AvgIpc) is 1.88. The van der Waals surface area contributed by atoms with Crippen molar-refractivity contribution >= 4 is 10.1 Å². The third-order valence-electron chi connectivity index (χ3n) is 1.03. The Morgan fingerprint density at radius 3 is 1.62 bits per heavy atom. The summed E-state index contributed by atoms with van der Waals surface area (Å²) in [6.45, 7) is 0. The molecule has 0 aliphatic heterocycles. The molecule has 4 N–H and O–H groups in total. The summed E-state index contributed by atoms with van der Waals surface area (Å²) in [5.74, 6) is 0. The number of hydrogen-bond donors (Lipinski definition) is 0. The van der Waals surface area contributed by atoms with Gasteiger partial charge in [0, 0.05) is 0 Å². The van der Waals surface area contributed by atoms with Crippen molar-refractivity contribution in [1.82, 2.24) is 0 Å². The van der Waals surface area contributed by atoms with Crippen LogP contribution in [0, 0.1) is 0 Å².